The predicted octanol–water partition coefficient (Wildman–Crippen LogP) is 1.77. The summed E-state index contributed by atoms with van der Waals surface area (Å²) in [5.74, 6) is 1.11. The molecule has 3 nitrogen and oxygen atoms in total. The predicted molar refractivity (Wildman–Crippen MR) is 60.8 cm³/mol. The minimum Gasteiger partial charge on any atom is -0.468 e. The van der Waals surface area contributed by atoms with Crippen molar-refractivity contribution < 1.29 is 4.42 Å². The normalized spacial score (nSPS) is 28.2. The van der Waals surface area contributed by atoms with Crippen LogP contribution in [0.3, 0.4) is 0 Å². The molecule has 15 heavy (non-hydrogen) atoms. The van der Waals surface area contributed by atoms with Crippen molar-refractivity contribution in [3.05, 3.63) is 23.7 Å². The lowest BCUT2D eigenvalue weighted by Gasteiger charge is -2.37. The fourth-order valence-corrected chi connectivity index (χ4v) is 2.07. The zero-order chi connectivity index (χ0) is 10.8. The van der Waals surface area contributed by atoms with E-state index in [1.165, 1.54) is 5.56 Å². The number of nitrogens with one attached hydrogen (secondary N) is 1. The van der Waals surface area contributed by atoms with Gasteiger partial charge in [0.25, 0.3) is 0 Å². The van der Waals surface area contributed by atoms with Gasteiger partial charge >= 0.3 is 0 Å². The van der Waals surface area contributed by atoms with Crippen molar-refractivity contribution in [2.75, 3.05) is 13.1 Å². The van der Waals surface area contributed by atoms with Gasteiger partial charge in [0.2, 0.25) is 0 Å². The number of furan rings is 1. The van der Waals surface area contributed by atoms with Gasteiger partial charge in [-0.3, -0.25) is 4.90 Å². The molecule has 84 valence electrons. The van der Waals surface area contributed by atoms with E-state index in [0.29, 0.717) is 12.1 Å². The Morgan fingerprint density at radius 2 is 2.33 bits per heavy atom. The molecule has 1 fully saturated rings. The molecule has 1 aromatic rings. The second kappa shape index (κ2) is 4.37. The summed E-state index contributed by atoms with van der Waals surface area (Å²) in [5, 5.41) is 3.48. The highest BCUT2D eigenvalue weighted by atomic mass is 16.3. The average molecular weight is 208 g/mol. The Bertz CT molecular complexity index is 321. The van der Waals surface area contributed by atoms with Crippen LogP contribution in [-0.4, -0.2) is 30.1 Å². The van der Waals surface area contributed by atoms with Crippen molar-refractivity contribution in [3.8, 4) is 0 Å². The number of hydrogen-bond donors (Lipinski definition) is 1. The van der Waals surface area contributed by atoms with Gasteiger partial charge in [-0.05, 0) is 32.4 Å². The molecule has 2 rings (SSSR count). The zero-order valence-electron chi connectivity index (χ0n) is 9.79. The average Bonchev–Trinajstić information content (AvgIpc) is 2.58. The maximum atomic E-state index is 5.49. The van der Waals surface area contributed by atoms with E-state index in [4.69, 9.17) is 4.42 Å². The Kier molecular flexibility index (Phi) is 3.12. The van der Waals surface area contributed by atoms with Crippen LogP contribution in [0.5, 0.6) is 0 Å². The molecule has 2 unspecified atom stereocenters. The fraction of sp³-hybridized carbons (Fsp3) is 0.667. The molecule has 0 amide bonds. The molecule has 2 heterocycles. The van der Waals surface area contributed by atoms with Crippen molar-refractivity contribution in [1.82, 2.24) is 10.2 Å². The first-order valence-electron chi connectivity index (χ1n) is 5.67. The van der Waals surface area contributed by atoms with Crippen molar-refractivity contribution in [2.45, 2.75) is 39.4 Å². The van der Waals surface area contributed by atoms with Crippen LogP contribution in [0.25, 0.3) is 0 Å². The van der Waals surface area contributed by atoms with E-state index in [9.17, 15) is 0 Å². The molecule has 0 spiro atoms. The highest BCUT2D eigenvalue weighted by Crippen LogP contribution is 2.15. The number of rotatable bonds is 2. The summed E-state index contributed by atoms with van der Waals surface area (Å²) in [5.41, 5.74) is 1.26. The summed E-state index contributed by atoms with van der Waals surface area (Å²) in [7, 11) is 0. The molecule has 1 N–H and O–H groups in total. The molecule has 3 heteroatoms. The van der Waals surface area contributed by atoms with E-state index in [1.54, 1.807) is 6.26 Å². The van der Waals surface area contributed by atoms with Crippen molar-refractivity contribution in [2.24, 2.45) is 0 Å². The second-order valence-corrected chi connectivity index (χ2v) is 4.61. The van der Waals surface area contributed by atoms with E-state index in [-0.39, 0.29) is 0 Å². The van der Waals surface area contributed by atoms with Gasteiger partial charge in [-0.15, -0.1) is 0 Å². The molecular formula is C12H20N2O. The molecule has 0 saturated carbocycles. The first kappa shape index (κ1) is 10.7. The van der Waals surface area contributed by atoms with Gasteiger partial charge in [0.1, 0.15) is 5.76 Å². The van der Waals surface area contributed by atoms with Gasteiger partial charge in [0.15, 0.2) is 0 Å². The van der Waals surface area contributed by atoms with E-state index >= 15 is 0 Å². The van der Waals surface area contributed by atoms with Gasteiger partial charge in [0.05, 0.1) is 12.8 Å². The Labute approximate surface area is 91.4 Å². The van der Waals surface area contributed by atoms with Gasteiger partial charge in [-0.25, -0.2) is 0 Å². The van der Waals surface area contributed by atoms with Gasteiger partial charge in [0, 0.05) is 25.2 Å². The van der Waals surface area contributed by atoms with Crippen LogP contribution in [0, 0.1) is 6.92 Å². The number of aryl methyl sites for hydroxylation is 1. The molecule has 1 aliphatic rings. The highest BCUT2D eigenvalue weighted by Gasteiger charge is 2.23. The number of piperazine rings is 1. The summed E-state index contributed by atoms with van der Waals surface area (Å²) >= 11 is 0. The molecule has 0 radical (unpaired) electrons. The molecule has 2 atom stereocenters. The monoisotopic (exact) mass is 208 g/mol. The fourth-order valence-electron chi connectivity index (χ4n) is 2.07. The standard InChI is InChI=1S/C12H20N2O/c1-9-4-5-15-12(9)8-14-7-10(2)13-6-11(14)3/h4-5,10-11,13H,6-8H2,1-3H3. The molecule has 0 bridgehead atoms. The minimum absolute atomic E-state index is 0.580. The lowest BCUT2D eigenvalue weighted by Crippen LogP contribution is -2.53. The number of hydrogen-bond acceptors (Lipinski definition) is 3. The topological polar surface area (TPSA) is 28.4 Å². The van der Waals surface area contributed by atoms with E-state index in [2.05, 4.69) is 31.0 Å². The van der Waals surface area contributed by atoms with Gasteiger partial charge < -0.3 is 9.73 Å². The van der Waals surface area contributed by atoms with Crippen LogP contribution in [0.1, 0.15) is 25.2 Å². The molecule has 1 saturated heterocycles. The zero-order valence-corrected chi connectivity index (χ0v) is 9.79. The first-order valence-corrected chi connectivity index (χ1v) is 5.67. The van der Waals surface area contributed by atoms with Crippen molar-refractivity contribution in [1.29, 1.82) is 0 Å². The van der Waals surface area contributed by atoms with E-state index in [0.717, 1.165) is 25.4 Å². The second-order valence-electron chi connectivity index (χ2n) is 4.61. The summed E-state index contributed by atoms with van der Waals surface area (Å²) in [6.07, 6.45) is 1.78. The van der Waals surface area contributed by atoms with E-state index < -0.39 is 0 Å². The van der Waals surface area contributed by atoms with Gasteiger partial charge in [-0.1, -0.05) is 0 Å². The van der Waals surface area contributed by atoms with Crippen LogP contribution >= 0.6 is 0 Å². The lowest BCUT2D eigenvalue weighted by atomic mass is 10.1. The Hall–Kier alpha value is -0.800. The summed E-state index contributed by atoms with van der Waals surface area (Å²) < 4.78 is 5.49. The SMILES string of the molecule is Cc1ccoc1CN1CC(C)NCC1C. The van der Waals surface area contributed by atoms with Gasteiger partial charge in [-0.2, -0.15) is 0 Å². The van der Waals surface area contributed by atoms with Crippen LogP contribution in [0.4, 0.5) is 0 Å². The van der Waals surface area contributed by atoms with Crippen LogP contribution < -0.4 is 5.32 Å². The smallest absolute Gasteiger partial charge is 0.120 e. The largest absolute Gasteiger partial charge is 0.468 e. The molecule has 0 aliphatic carbocycles. The van der Waals surface area contributed by atoms with E-state index in [1.807, 2.05) is 6.07 Å². The van der Waals surface area contributed by atoms with Crippen molar-refractivity contribution >= 4 is 0 Å². The molecule has 0 aromatic carbocycles. The third kappa shape index (κ3) is 2.41. The molecular weight excluding hydrogens is 188 g/mol. The minimum atomic E-state index is 0.580. The number of nitrogens with zero attached hydrogens (tertiary/aromatic N) is 1. The molecule has 1 aliphatic heterocycles. The molecule has 1 aromatic heterocycles. The van der Waals surface area contributed by atoms with Crippen LogP contribution in [0.2, 0.25) is 0 Å². The lowest BCUT2D eigenvalue weighted by molar-refractivity contribution is 0.129. The van der Waals surface area contributed by atoms with Crippen molar-refractivity contribution in [3.63, 3.8) is 0 Å². The third-order valence-electron chi connectivity index (χ3n) is 3.21. The quantitative estimate of drug-likeness (QED) is 0.803. The summed E-state index contributed by atoms with van der Waals surface area (Å²) in [6.45, 7) is 9.70. The first-order chi connectivity index (χ1) is 7.16. The maximum Gasteiger partial charge on any atom is 0.120 e. The van der Waals surface area contributed by atoms with Crippen LogP contribution in [0.15, 0.2) is 16.7 Å². The van der Waals surface area contributed by atoms with Crippen LogP contribution in [-0.2, 0) is 6.54 Å². The Morgan fingerprint density at radius 1 is 1.53 bits per heavy atom. The Balaban J connectivity index is 2.01. The summed E-state index contributed by atoms with van der Waals surface area (Å²) in [6, 6.07) is 3.20. The highest BCUT2D eigenvalue weighted by molar-refractivity contribution is 5.14. The maximum absolute atomic E-state index is 5.49. The summed E-state index contributed by atoms with van der Waals surface area (Å²) in [4.78, 5) is 2.48. The third-order valence-corrected chi connectivity index (χ3v) is 3.21. The Morgan fingerprint density at radius 3 is 3.00 bits per heavy atom.